The molecule has 0 radical (unpaired) electrons. The van der Waals surface area contributed by atoms with Crippen LogP contribution in [0.3, 0.4) is 0 Å². The SMILES string of the molecule is Nc1cc(Cl)c(Cl)c(C(=O)NCc2cn[nH]c2)c1. The average Bonchev–Trinajstić information content (AvgIpc) is 2.83. The Kier molecular flexibility index (Phi) is 3.74. The van der Waals surface area contributed by atoms with Gasteiger partial charge in [-0.2, -0.15) is 5.10 Å². The van der Waals surface area contributed by atoms with Crippen LogP contribution in [-0.2, 0) is 6.54 Å². The minimum atomic E-state index is -0.338. The maximum Gasteiger partial charge on any atom is 0.253 e. The number of nitrogens with one attached hydrogen (secondary N) is 2. The third-order valence-electron chi connectivity index (χ3n) is 2.30. The first kappa shape index (κ1) is 12.7. The first-order valence-corrected chi connectivity index (χ1v) is 5.84. The van der Waals surface area contributed by atoms with Crippen molar-refractivity contribution in [1.82, 2.24) is 15.5 Å². The van der Waals surface area contributed by atoms with E-state index in [0.29, 0.717) is 12.2 Å². The molecule has 0 aliphatic carbocycles. The van der Waals surface area contributed by atoms with Gasteiger partial charge in [0.25, 0.3) is 5.91 Å². The molecular weight excluding hydrogens is 275 g/mol. The van der Waals surface area contributed by atoms with Crippen LogP contribution in [0.2, 0.25) is 10.0 Å². The molecule has 1 amide bonds. The fourth-order valence-corrected chi connectivity index (χ4v) is 1.85. The second-order valence-electron chi connectivity index (χ2n) is 3.65. The predicted octanol–water partition coefficient (Wildman–Crippen LogP) is 2.23. The van der Waals surface area contributed by atoms with Crippen molar-refractivity contribution in [2.45, 2.75) is 6.54 Å². The summed E-state index contributed by atoms with van der Waals surface area (Å²) in [4.78, 5) is 11.9. The number of nitrogen functional groups attached to an aromatic ring is 1. The van der Waals surface area contributed by atoms with Gasteiger partial charge < -0.3 is 11.1 Å². The zero-order valence-electron chi connectivity index (χ0n) is 9.21. The van der Waals surface area contributed by atoms with Crippen molar-refractivity contribution in [3.05, 3.63) is 45.7 Å². The van der Waals surface area contributed by atoms with E-state index in [4.69, 9.17) is 28.9 Å². The van der Waals surface area contributed by atoms with Crippen molar-refractivity contribution in [2.24, 2.45) is 0 Å². The summed E-state index contributed by atoms with van der Waals surface area (Å²) in [6, 6.07) is 2.98. The largest absolute Gasteiger partial charge is 0.399 e. The third kappa shape index (κ3) is 2.75. The number of hydrogen-bond donors (Lipinski definition) is 3. The normalized spacial score (nSPS) is 10.3. The van der Waals surface area contributed by atoms with Gasteiger partial charge in [-0.05, 0) is 12.1 Å². The standard InChI is InChI=1S/C11H10Cl2N4O/c12-9-2-7(14)1-8(10(9)13)11(18)15-3-6-4-16-17-5-6/h1-2,4-5H,3,14H2,(H,15,18)(H,16,17). The summed E-state index contributed by atoms with van der Waals surface area (Å²) in [5.41, 5.74) is 7.12. The van der Waals surface area contributed by atoms with E-state index in [0.717, 1.165) is 5.56 Å². The molecule has 0 bridgehead atoms. The number of carbonyl (C=O) groups is 1. The first-order valence-electron chi connectivity index (χ1n) is 5.08. The zero-order valence-corrected chi connectivity index (χ0v) is 10.7. The topological polar surface area (TPSA) is 83.8 Å². The van der Waals surface area contributed by atoms with Crippen LogP contribution in [-0.4, -0.2) is 16.1 Å². The van der Waals surface area contributed by atoms with E-state index >= 15 is 0 Å². The third-order valence-corrected chi connectivity index (χ3v) is 3.11. The summed E-state index contributed by atoms with van der Waals surface area (Å²) in [5, 5.41) is 9.57. The summed E-state index contributed by atoms with van der Waals surface area (Å²) >= 11 is 11.8. The highest BCUT2D eigenvalue weighted by molar-refractivity contribution is 6.44. The van der Waals surface area contributed by atoms with Crippen molar-refractivity contribution in [2.75, 3.05) is 5.73 Å². The molecule has 18 heavy (non-hydrogen) atoms. The molecule has 0 aliphatic rings. The number of aromatic nitrogens is 2. The maximum absolute atomic E-state index is 11.9. The van der Waals surface area contributed by atoms with Crippen molar-refractivity contribution in [3.8, 4) is 0 Å². The van der Waals surface area contributed by atoms with E-state index < -0.39 is 0 Å². The molecule has 2 rings (SSSR count). The number of rotatable bonds is 3. The number of carbonyl (C=O) groups excluding carboxylic acids is 1. The van der Waals surface area contributed by atoms with Crippen molar-refractivity contribution >= 4 is 34.8 Å². The quantitative estimate of drug-likeness (QED) is 0.756. The van der Waals surface area contributed by atoms with Crippen LogP contribution < -0.4 is 11.1 Å². The Labute approximate surface area is 113 Å². The van der Waals surface area contributed by atoms with Gasteiger partial charge in [0.15, 0.2) is 0 Å². The van der Waals surface area contributed by atoms with Crippen LogP contribution in [0.5, 0.6) is 0 Å². The van der Waals surface area contributed by atoms with E-state index in [1.807, 2.05) is 0 Å². The van der Waals surface area contributed by atoms with Crippen LogP contribution in [0.15, 0.2) is 24.5 Å². The molecule has 0 saturated heterocycles. The first-order chi connectivity index (χ1) is 8.58. The van der Waals surface area contributed by atoms with E-state index in [1.165, 1.54) is 12.1 Å². The summed E-state index contributed by atoms with van der Waals surface area (Å²) in [6.45, 7) is 0.345. The average molecular weight is 285 g/mol. The molecular formula is C11H10Cl2N4O. The number of anilines is 1. The second kappa shape index (κ2) is 5.29. The number of benzene rings is 1. The monoisotopic (exact) mass is 284 g/mol. The number of nitrogens with zero attached hydrogens (tertiary/aromatic N) is 1. The zero-order chi connectivity index (χ0) is 13.1. The summed E-state index contributed by atoms with van der Waals surface area (Å²) < 4.78 is 0. The highest BCUT2D eigenvalue weighted by atomic mass is 35.5. The lowest BCUT2D eigenvalue weighted by molar-refractivity contribution is 0.0951. The maximum atomic E-state index is 11.9. The lowest BCUT2D eigenvalue weighted by Gasteiger charge is -2.08. The van der Waals surface area contributed by atoms with Gasteiger partial charge in [0.1, 0.15) is 0 Å². The van der Waals surface area contributed by atoms with Gasteiger partial charge in [-0.3, -0.25) is 9.89 Å². The molecule has 0 fully saturated rings. The number of H-pyrrole nitrogens is 1. The Balaban J connectivity index is 2.14. The van der Waals surface area contributed by atoms with Crippen LogP contribution in [0.4, 0.5) is 5.69 Å². The second-order valence-corrected chi connectivity index (χ2v) is 4.44. The highest BCUT2D eigenvalue weighted by Crippen LogP contribution is 2.28. The van der Waals surface area contributed by atoms with Crippen molar-refractivity contribution < 1.29 is 4.79 Å². The minimum Gasteiger partial charge on any atom is -0.399 e. The molecule has 1 heterocycles. The van der Waals surface area contributed by atoms with Crippen molar-refractivity contribution in [3.63, 3.8) is 0 Å². The molecule has 4 N–H and O–H groups in total. The summed E-state index contributed by atoms with van der Waals surface area (Å²) in [7, 11) is 0. The Morgan fingerprint density at radius 3 is 2.89 bits per heavy atom. The van der Waals surface area contributed by atoms with Crippen LogP contribution >= 0.6 is 23.2 Å². The van der Waals surface area contributed by atoms with E-state index in [2.05, 4.69) is 15.5 Å². The Hall–Kier alpha value is -1.72. The molecule has 94 valence electrons. The van der Waals surface area contributed by atoms with Crippen LogP contribution in [0, 0.1) is 0 Å². The van der Waals surface area contributed by atoms with Gasteiger partial charge in [0, 0.05) is 24.0 Å². The number of nitrogens with two attached hydrogens (primary N) is 1. The van der Waals surface area contributed by atoms with Gasteiger partial charge in [-0.15, -0.1) is 0 Å². The van der Waals surface area contributed by atoms with Gasteiger partial charge in [-0.1, -0.05) is 23.2 Å². The van der Waals surface area contributed by atoms with Crippen LogP contribution in [0.25, 0.3) is 0 Å². The van der Waals surface area contributed by atoms with Crippen LogP contribution in [0.1, 0.15) is 15.9 Å². The molecule has 0 unspecified atom stereocenters. The Bertz CT molecular complexity index is 569. The Morgan fingerprint density at radius 1 is 1.44 bits per heavy atom. The fraction of sp³-hybridized carbons (Fsp3) is 0.0909. The summed E-state index contributed by atoms with van der Waals surface area (Å²) in [5.74, 6) is -0.338. The molecule has 2 aromatic rings. The fourth-order valence-electron chi connectivity index (χ4n) is 1.43. The van der Waals surface area contributed by atoms with Gasteiger partial charge in [0.2, 0.25) is 0 Å². The molecule has 5 nitrogen and oxygen atoms in total. The summed E-state index contributed by atoms with van der Waals surface area (Å²) in [6.07, 6.45) is 3.31. The molecule has 0 atom stereocenters. The van der Waals surface area contributed by atoms with Gasteiger partial charge in [-0.25, -0.2) is 0 Å². The lowest BCUT2D eigenvalue weighted by atomic mass is 10.2. The molecule has 7 heteroatoms. The number of aromatic amines is 1. The Morgan fingerprint density at radius 2 is 2.22 bits per heavy atom. The lowest BCUT2D eigenvalue weighted by Crippen LogP contribution is -2.23. The molecule has 1 aromatic carbocycles. The van der Waals surface area contributed by atoms with E-state index in [9.17, 15) is 4.79 Å². The van der Waals surface area contributed by atoms with E-state index in [-0.39, 0.29) is 21.5 Å². The molecule has 0 aliphatic heterocycles. The number of halogens is 2. The molecule has 0 saturated carbocycles. The number of hydrogen-bond acceptors (Lipinski definition) is 3. The van der Waals surface area contributed by atoms with E-state index in [1.54, 1.807) is 12.4 Å². The van der Waals surface area contributed by atoms with Gasteiger partial charge in [0.05, 0.1) is 21.8 Å². The molecule has 0 spiro atoms. The number of amides is 1. The van der Waals surface area contributed by atoms with Gasteiger partial charge >= 0.3 is 0 Å². The molecule has 1 aromatic heterocycles. The minimum absolute atomic E-state index is 0.190. The predicted molar refractivity (Wildman–Crippen MR) is 70.6 cm³/mol. The van der Waals surface area contributed by atoms with Crippen molar-refractivity contribution in [1.29, 1.82) is 0 Å². The smallest absolute Gasteiger partial charge is 0.253 e. The highest BCUT2D eigenvalue weighted by Gasteiger charge is 2.14.